The average molecular weight is 440 g/mol. The normalized spacial score (nSPS) is 16.2. The summed E-state index contributed by atoms with van der Waals surface area (Å²) in [6.45, 7) is 4.91. The first kappa shape index (κ1) is 23.5. The lowest BCUT2D eigenvalue weighted by Gasteiger charge is -2.28. The van der Waals surface area contributed by atoms with Crippen molar-refractivity contribution in [1.82, 2.24) is 14.5 Å². The molecule has 1 aliphatic heterocycles. The number of fused-ring (bicyclic) bond motifs is 1. The van der Waals surface area contributed by atoms with Gasteiger partial charge in [0.2, 0.25) is 0 Å². The van der Waals surface area contributed by atoms with E-state index < -0.39 is 11.5 Å². The van der Waals surface area contributed by atoms with Crippen LogP contribution in [0.15, 0.2) is 42.6 Å². The minimum atomic E-state index is -2.38. The quantitative estimate of drug-likeness (QED) is 0.617. The van der Waals surface area contributed by atoms with Crippen molar-refractivity contribution in [2.45, 2.75) is 38.2 Å². The number of benzene rings is 1. The number of nitrogens with zero attached hydrogens (tertiary/aromatic N) is 4. The summed E-state index contributed by atoms with van der Waals surface area (Å²) in [6.07, 6.45) is 2.38. The third-order valence-corrected chi connectivity index (χ3v) is 5.43. The van der Waals surface area contributed by atoms with Gasteiger partial charge in [0.1, 0.15) is 5.65 Å². The van der Waals surface area contributed by atoms with E-state index in [1.54, 1.807) is 24.4 Å². The minimum Gasteiger partial charge on any atom is -0.321 e. The number of hydrogen-bond donors (Lipinski definition) is 1. The van der Waals surface area contributed by atoms with Gasteiger partial charge in [0.15, 0.2) is 6.29 Å². The van der Waals surface area contributed by atoms with Crippen LogP contribution in [-0.2, 0) is 5.54 Å². The summed E-state index contributed by atoms with van der Waals surface area (Å²) in [4.78, 5) is 17.3. The zero-order valence-corrected chi connectivity index (χ0v) is 18.5. The average Bonchev–Trinajstić information content (AvgIpc) is 3.15. The van der Waals surface area contributed by atoms with Crippen molar-refractivity contribution in [3.8, 4) is 11.8 Å². The van der Waals surface area contributed by atoms with Crippen LogP contribution in [0.5, 0.6) is 0 Å². The number of aldehydes is 1. The molecule has 1 aromatic carbocycles. The van der Waals surface area contributed by atoms with Gasteiger partial charge < -0.3 is 10.6 Å². The van der Waals surface area contributed by atoms with Gasteiger partial charge in [-0.2, -0.15) is 5.26 Å². The molecule has 4 rings (SSSR count). The molecule has 0 aliphatic carbocycles. The molecule has 0 atom stereocenters. The number of likely N-dealkylation sites (tertiary alicyclic amines) is 1. The van der Waals surface area contributed by atoms with E-state index >= 15 is 0 Å². The summed E-state index contributed by atoms with van der Waals surface area (Å²) < 4.78 is 26.7. The van der Waals surface area contributed by atoms with Crippen LogP contribution in [0.3, 0.4) is 0 Å². The first-order chi connectivity index (χ1) is 15.0. The summed E-state index contributed by atoms with van der Waals surface area (Å²) in [6, 6.07) is 13.1. The standard InChI is InChI=1S/C18H16N4O.C6H11F2N/c1-18(2,20)16-8-14-7-13(11-23)10-21-17(14)22(16)15-5-3-12(9-19)4-6-15;1-9-4-2-6(7,8)3-5-9/h3-8,10-11H,20H2,1-2H3;2-5H2,1H3. The Kier molecular flexibility index (Phi) is 6.72. The predicted molar refractivity (Wildman–Crippen MR) is 120 cm³/mol. The van der Waals surface area contributed by atoms with Gasteiger partial charge >= 0.3 is 0 Å². The Labute approximate surface area is 186 Å². The van der Waals surface area contributed by atoms with Crippen LogP contribution in [-0.4, -0.2) is 46.8 Å². The Bertz CT molecular complexity index is 1130. The lowest BCUT2D eigenvalue weighted by atomic mass is 10.0. The highest BCUT2D eigenvalue weighted by Crippen LogP contribution is 2.29. The Hall–Kier alpha value is -3.15. The summed E-state index contributed by atoms with van der Waals surface area (Å²) >= 11 is 0. The van der Waals surface area contributed by atoms with E-state index in [4.69, 9.17) is 11.0 Å². The van der Waals surface area contributed by atoms with Gasteiger partial charge in [-0.1, -0.05) is 0 Å². The highest BCUT2D eigenvalue weighted by atomic mass is 19.3. The van der Waals surface area contributed by atoms with Crippen molar-refractivity contribution in [1.29, 1.82) is 5.26 Å². The minimum absolute atomic E-state index is 0.0312. The third-order valence-electron chi connectivity index (χ3n) is 5.43. The van der Waals surface area contributed by atoms with Crippen LogP contribution in [0.1, 0.15) is 48.3 Å². The van der Waals surface area contributed by atoms with Crippen molar-refractivity contribution in [3.63, 3.8) is 0 Å². The molecule has 3 heterocycles. The number of pyridine rings is 1. The van der Waals surface area contributed by atoms with Crippen molar-refractivity contribution in [3.05, 3.63) is 59.4 Å². The number of nitriles is 1. The highest BCUT2D eigenvalue weighted by molar-refractivity contribution is 5.86. The van der Waals surface area contributed by atoms with Crippen LogP contribution < -0.4 is 5.73 Å². The van der Waals surface area contributed by atoms with Gasteiger partial charge in [-0.25, -0.2) is 13.8 Å². The van der Waals surface area contributed by atoms with Crippen molar-refractivity contribution in [2.24, 2.45) is 5.73 Å². The molecule has 1 aliphatic rings. The molecular weight excluding hydrogens is 412 g/mol. The number of rotatable bonds is 3. The molecule has 1 fully saturated rings. The van der Waals surface area contributed by atoms with E-state index in [0.29, 0.717) is 24.2 Å². The van der Waals surface area contributed by atoms with E-state index in [0.717, 1.165) is 28.7 Å². The molecule has 8 heteroatoms. The maximum atomic E-state index is 12.4. The number of hydrogen-bond acceptors (Lipinski definition) is 5. The summed E-state index contributed by atoms with van der Waals surface area (Å²) in [5.74, 6) is -2.38. The fourth-order valence-electron chi connectivity index (χ4n) is 3.54. The van der Waals surface area contributed by atoms with Gasteiger partial charge in [0.25, 0.3) is 5.92 Å². The molecule has 0 amide bonds. The van der Waals surface area contributed by atoms with E-state index in [1.165, 1.54) is 0 Å². The zero-order valence-electron chi connectivity index (χ0n) is 18.5. The zero-order chi connectivity index (χ0) is 23.5. The number of piperidine rings is 1. The fourth-order valence-corrected chi connectivity index (χ4v) is 3.54. The maximum Gasteiger partial charge on any atom is 0.250 e. The molecule has 168 valence electrons. The lowest BCUT2D eigenvalue weighted by Crippen LogP contribution is -2.36. The Morgan fingerprint density at radius 2 is 1.81 bits per heavy atom. The SMILES string of the molecule is CC(C)(N)c1cc2cc(C=O)cnc2n1-c1ccc(C#N)cc1.CN1CCC(F)(F)CC1. The Morgan fingerprint density at radius 1 is 1.19 bits per heavy atom. The van der Waals surface area contributed by atoms with Crippen molar-refractivity contribution < 1.29 is 13.6 Å². The second-order valence-corrected chi connectivity index (χ2v) is 8.70. The molecule has 32 heavy (non-hydrogen) atoms. The number of halogens is 2. The molecule has 0 bridgehead atoms. The first-order valence-electron chi connectivity index (χ1n) is 10.4. The molecule has 3 aromatic rings. The largest absolute Gasteiger partial charge is 0.321 e. The van der Waals surface area contributed by atoms with Crippen molar-refractivity contribution in [2.75, 3.05) is 20.1 Å². The molecule has 6 nitrogen and oxygen atoms in total. The van der Waals surface area contributed by atoms with Gasteiger partial charge in [-0.3, -0.25) is 9.36 Å². The molecule has 2 N–H and O–H groups in total. The monoisotopic (exact) mass is 439 g/mol. The number of carbonyl (C=O) groups excluding carboxylic acids is 1. The molecule has 0 unspecified atom stereocenters. The van der Waals surface area contributed by atoms with Gasteiger partial charge in [-0.05, 0) is 57.3 Å². The smallest absolute Gasteiger partial charge is 0.250 e. The van der Waals surface area contributed by atoms with Crippen LogP contribution in [0.25, 0.3) is 16.7 Å². The Balaban J connectivity index is 0.000000269. The predicted octanol–water partition coefficient (Wildman–Crippen LogP) is 4.25. The molecule has 1 saturated heterocycles. The lowest BCUT2D eigenvalue weighted by molar-refractivity contribution is -0.0504. The fraction of sp³-hybridized carbons (Fsp3) is 0.375. The van der Waals surface area contributed by atoms with Crippen LogP contribution in [0, 0.1) is 11.3 Å². The second kappa shape index (κ2) is 9.15. The number of nitrogens with two attached hydrogens (primary N) is 1. The van der Waals surface area contributed by atoms with E-state index in [9.17, 15) is 13.6 Å². The van der Waals surface area contributed by atoms with Crippen LogP contribution in [0.4, 0.5) is 8.78 Å². The number of carbonyl (C=O) groups is 1. The van der Waals surface area contributed by atoms with Crippen LogP contribution in [0.2, 0.25) is 0 Å². The topological polar surface area (TPSA) is 87.9 Å². The van der Waals surface area contributed by atoms with Crippen LogP contribution >= 0.6 is 0 Å². The highest BCUT2D eigenvalue weighted by Gasteiger charge is 2.32. The van der Waals surface area contributed by atoms with Gasteiger partial charge in [0.05, 0.1) is 17.2 Å². The van der Waals surface area contributed by atoms with Gasteiger partial charge in [-0.15, -0.1) is 0 Å². The summed E-state index contributed by atoms with van der Waals surface area (Å²) in [7, 11) is 1.87. The Morgan fingerprint density at radius 3 is 2.31 bits per heavy atom. The molecule has 0 spiro atoms. The van der Waals surface area contributed by atoms with E-state index in [1.807, 2.05) is 48.6 Å². The molecular formula is C24H27F2N5O. The van der Waals surface area contributed by atoms with Gasteiger partial charge in [0, 0.05) is 54.5 Å². The molecule has 2 aromatic heterocycles. The van der Waals surface area contributed by atoms with E-state index in [-0.39, 0.29) is 12.8 Å². The summed E-state index contributed by atoms with van der Waals surface area (Å²) in [5, 5.41) is 9.80. The maximum absolute atomic E-state index is 12.4. The number of alkyl halides is 2. The van der Waals surface area contributed by atoms with Crippen molar-refractivity contribution >= 4 is 17.3 Å². The first-order valence-corrected chi connectivity index (χ1v) is 10.4. The second-order valence-electron chi connectivity index (χ2n) is 8.70. The molecule has 0 saturated carbocycles. The summed E-state index contributed by atoms with van der Waals surface area (Å²) in [5.41, 5.74) is 9.33. The number of aromatic nitrogens is 2. The third kappa shape index (κ3) is 5.36. The van der Waals surface area contributed by atoms with E-state index in [2.05, 4.69) is 11.1 Å². The molecule has 0 radical (unpaired) electrons.